The van der Waals surface area contributed by atoms with Crippen LogP contribution in [0, 0.1) is 11.6 Å². The van der Waals surface area contributed by atoms with Crippen molar-refractivity contribution in [2.45, 2.75) is 6.92 Å². The van der Waals surface area contributed by atoms with E-state index < -0.39 is 17.4 Å². The average Bonchev–Trinajstić information content (AvgIpc) is 2.22. The summed E-state index contributed by atoms with van der Waals surface area (Å²) in [5.41, 5.74) is -0.0524. The van der Waals surface area contributed by atoms with Gasteiger partial charge in [0.25, 0.3) is 0 Å². The monoisotopic (exact) mass is 212 g/mol. The van der Waals surface area contributed by atoms with E-state index in [-0.39, 0.29) is 12.2 Å². The van der Waals surface area contributed by atoms with Gasteiger partial charge in [0.1, 0.15) is 12.9 Å². The van der Waals surface area contributed by atoms with E-state index in [1.54, 1.807) is 19.1 Å². The van der Waals surface area contributed by atoms with Gasteiger partial charge in [-0.15, -0.1) is 0 Å². The van der Waals surface area contributed by atoms with Crippen LogP contribution in [0.1, 0.15) is 17.3 Å². The Balaban J connectivity index is 2.92. The molecule has 0 saturated heterocycles. The van der Waals surface area contributed by atoms with E-state index in [1.165, 1.54) is 0 Å². The highest BCUT2D eigenvalue weighted by Crippen LogP contribution is 2.22. The third-order valence-electron chi connectivity index (χ3n) is 1.72. The van der Waals surface area contributed by atoms with E-state index in [2.05, 4.69) is 0 Å². The standard InChI is InChI=1S/C11H10F2O2/c1-2-3-4-15-11-9(12)5-8(7-14)6-10(11)13/h2-3,5-7H,4H2,1H3. The number of carbonyl (C=O) groups is 1. The third kappa shape index (κ3) is 2.87. The van der Waals surface area contributed by atoms with E-state index in [0.29, 0.717) is 6.29 Å². The molecule has 0 aliphatic carbocycles. The minimum absolute atomic E-state index is 0.0524. The van der Waals surface area contributed by atoms with Crippen LogP contribution in [-0.4, -0.2) is 12.9 Å². The predicted octanol–water partition coefficient (Wildman–Crippen LogP) is 2.73. The molecule has 0 aliphatic rings. The lowest BCUT2D eigenvalue weighted by Crippen LogP contribution is -2.00. The summed E-state index contributed by atoms with van der Waals surface area (Å²) in [6, 6.07) is 1.86. The summed E-state index contributed by atoms with van der Waals surface area (Å²) in [6.07, 6.45) is 3.70. The average molecular weight is 212 g/mol. The van der Waals surface area contributed by atoms with E-state index in [1.807, 2.05) is 0 Å². The fraction of sp³-hybridized carbons (Fsp3) is 0.182. The number of allylic oxidation sites excluding steroid dienone is 1. The summed E-state index contributed by atoms with van der Waals surface area (Å²) < 4.78 is 31.2. The van der Waals surface area contributed by atoms with Gasteiger partial charge >= 0.3 is 0 Å². The zero-order valence-electron chi connectivity index (χ0n) is 8.17. The van der Waals surface area contributed by atoms with Gasteiger partial charge in [0.15, 0.2) is 17.4 Å². The second-order valence-corrected chi connectivity index (χ2v) is 2.81. The highest BCUT2D eigenvalue weighted by Gasteiger charge is 2.11. The van der Waals surface area contributed by atoms with Gasteiger partial charge in [-0.3, -0.25) is 4.79 Å². The molecular formula is C11H10F2O2. The molecule has 0 heterocycles. The summed E-state index contributed by atoms with van der Waals surface area (Å²) in [4.78, 5) is 10.3. The molecule has 1 aromatic carbocycles. The van der Waals surface area contributed by atoms with Crippen LogP contribution < -0.4 is 4.74 Å². The van der Waals surface area contributed by atoms with Gasteiger partial charge in [0.2, 0.25) is 0 Å². The quantitative estimate of drug-likeness (QED) is 0.566. The molecule has 0 spiro atoms. The second kappa shape index (κ2) is 5.24. The number of hydrogen-bond acceptors (Lipinski definition) is 2. The zero-order chi connectivity index (χ0) is 11.3. The molecule has 4 heteroatoms. The smallest absolute Gasteiger partial charge is 0.191 e. The second-order valence-electron chi connectivity index (χ2n) is 2.81. The van der Waals surface area contributed by atoms with Crippen molar-refractivity contribution in [3.8, 4) is 5.75 Å². The molecule has 0 amide bonds. The van der Waals surface area contributed by atoms with Crippen LogP contribution in [0.15, 0.2) is 24.3 Å². The predicted molar refractivity (Wildman–Crippen MR) is 52.1 cm³/mol. The van der Waals surface area contributed by atoms with Crippen molar-refractivity contribution in [2.75, 3.05) is 6.61 Å². The van der Waals surface area contributed by atoms with E-state index in [9.17, 15) is 13.6 Å². The van der Waals surface area contributed by atoms with Crippen molar-refractivity contribution >= 4 is 6.29 Å². The largest absolute Gasteiger partial charge is 0.483 e. The first-order valence-electron chi connectivity index (χ1n) is 4.37. The van der Waals surface area contributed by atoms with Crippen LogP contribution in [0.25, 0.3) is 0 Å². The molecule has 0 saturated carbocycles. The third-order valence-corrected chi connectivity index (χ3v) is 1.72. The Morgan fingerprint density at radius 1 is 1.33 bits per heavy atom. The number of halogens is 2. The molecule has 0 bridgehead atoms. The maximum absolute atomic E-state index is 13.2. The molecule has 0 N–H and O–H groups in total. The SMILES string of the molecule is CC=CCOc1c(F)cc(C=O)cc1F. The Hall–Kier alpha value is -1.71. The van der Waals surface area contributed by atoms with Crippen molar-refractivity contribution in [1.29, 1.82) is 0 Å². The molecule has 0 aliphatic heterocycles. The summed E-state index contributed by atoms with van der Waals surface area (Å²) >= 11 is 0. The van der Waals surface area contributed by atoms with Gasteiger partial charge in [-0.2, -0.15) is 0 Å². The van der Waals surface area contributed by atoms with Crippen LogP contribution in [0.4, 0.5) is 8.78 Å². The minimum Gasteiger partial charge on any atom is -0.483 e. The van der Waals surface area contributed by atoms with E-state index in [0.717, 1.165) is 12.1 Å². The van der Waals surface area contributed by atoms with Crippen LogP contribution in [0.2, 0.25) is 0 Å². The summed E-state index contributed by atoms with van der Waals surface area (Å²) in [5.74, 6) is -2.21. The number of carbonyl (C=O) groups excluding carboxylic acids is 1. The molecule has 1 aromatic rings. The Morgan fingerprint density at radius 3 is 2.40 bits per heavy atom. The van der Waals surface area contributed by atoms with Crippen molar-refractivity contribution < 1.29 is 18.3 Å². The maximum atomic E-state index is 13.2. The van der Waals surface area contributed by atoms with Crippen LogP contribution in [-0.2, 0) is 0 Å². The van der Waals surface area contributed by atoms with Crippen molar-refractivity contribution in [2.24, 2.45) is 0 Å². The van der Waals surface area contributed by atoms with Gasteiger partial charge in [-0.05, 0) is 19.1 Å². The molecule has 0 atom stereocenters. The number of rotatable bonds is 4. The highest BCUT2D eigenvalue weighted by molar-refractivity contribution is 5.75. The van der Waals surface area contributed by atoms with Crippen LogP contribution in [0.3, 0.4) is 0 Å². The first-order chi connectivity index (χ1) is 7.19. The number of benzene rings is 1. The Labute approximate surface area is 86.2 Å². The first-order valence-corrected chi connectivity index (χ1v) is 4.37. The summed E-state index contributed by atoms with van der Waals surface area (Å²) in [5, 5.41) is 0. The van der Waals surface area contributed by atoms with Crippen LogP contribution in [0.5, 0.6) is 5.75 Å². The fourth-order valence-electron chi connectivity index (χ4n) is 1.01. The number of ether oxygens (including phenoxy) is 1. The summed E-state index contributed by atoms with van der Waals surface area (Å²) in [7, 11) is 0. The molecular weight excluding hydrogens is 202 g/mol. The number of hydrogen-bond donors (Lipinski definition) is 0. The lowest BCUT2D eigenvalue weighted by Gasteiger charge is -2.06. The van der Waals surface area contributed by atoms with Crippen molar-refractivity contribution in [1.82, 2.24) is 0 Å². The van der Waals surface area contributed by atoms with Gasteiger partial charge in [0.05, 0.1) is 0 Å². The Kier molecular flexibility index (Phi) is 3.97. The molecule has 15 heavy (non-hydrogen) atoms. The fourth-order valence-corrected chi connectivity index (χ4v) is 1.01. The number of aldehydes is 1. The first kappa shape index (κ1) is 11.4. The lowest BCUT2D eigenvalue weighted by atomic mass is 10.2. The summed E-state index contributed by atoms with van der Waals surface area (Å²) in [6.45, 7) is 1.86. The van der Waals surface area contributed by atoms with Gasteiger partial charge in [0, 0.05) is 5.56 Å². The maximum Gasteiger partial charge on any atom is 0.191 e. The molecule has 1 rings (SSSR count). The lowest BCUT2D eigenvalue weighted by molar-refractivity contribution is 0.112. The zero-order valence-corrected chi connectivity index (χ0v) is 8.17. The van der Waals surface area contributed by atoms with Gasteiger partial charge < -0.3 is 4.74 Å². The highest BCUT2D eigenvalue weighted by atomic mass is 19.1. The van der Waals surface area contributed by atoms with E-state index in [4.69, 9.17) is 4.74 Å². The topological polar surface area (TPSA) is 26.3 Å². The molecule has 0 unspecified atom stereocenters. The van der Waals surface area contributed by atoms with Crippen molar-refractivity contribution in [3.05, 3.63) is 41.5 Å². The molecule has 80 valence electrons. The normalized spacial score (nSPS) is 10.6. The molecule has 0 aromatic heterocycles. The van der Waals surface area contributed by atoms with Gasteiger partial charge in [-0.25, -0.2) is 8.78 Å². The molecule has 2 nitrogen and oxygen atoms in total. The van der Waals surface area contributed by atoms with Gasteiger partial charge in [-0.1, -0.05) is 12.2 Å². The molecule has 0 fully saturated rings. The van der Waals surface area contributed by atoms with Crippen molar-refractivity contribution in [3.63, 3.8) is 0 Å². The minimum atomic E-state index is -0.874. The molecule has 0 radical (unpaired) electrons. The Morgan fingerprint density at radius 2 is 1.93 bits per heavy atom. The van der Waals surface area contributed by atoms with Crippen LogP contribution >= 0.6 is 0 Å². The Bertz CT molecular complexity index is 363. The van der Waals surface area contributed by atoms with E-state index >= 15 is 0 Å².